The molecule has 3 heterocycles. The Bertz CT molecular complexity index is 1960. The second-order valence-electron chi connectivity index (χ2n) is 12.3. The molecule has 1 aliphatic heterocycles. The number of furan rings is 1. The summed E-state index contributed by atoms with van der Waals surface area (Å²) >= 11 is 0. The van der Waals surface area contributed by atoms with Crippen LogP contribution < -0.4 is 20.7 Å². The average molecular weight is 684 g/mol. The Morgan fingerprint density at radius 2 is 1.55 bits per heavy atom. The van der Waals surface area contributed by atoms with E-state index in [1.165, 1.54) is 5.56 Å². The number of carbonyl (C=O) groups is 1. The molecular formula is C41H45N7O3. The van der Waals surface area contributed by atoms with Crippen molar-refractivity contribution in [3.63, 3.8) is 0 Å². The first kappa shape index (κ1) is 35.1. The zero-order chi connectivity index (χ0) is 35.3. The Morgan fingerprint density at radius 1 is 0.824 bits per heavy atom. The molecule has 51 heavy (non-hydrogen) atoms. The molecule has 1 saturated heterocycles. The monoisotopic (exact) mass is 683 g/mol. The van der Waals surface area contributed by atoms with E-state index in [4.69, 9.17) is 9.15 Å². The van der Waals surface area contributed by atoms with Crippen LogP contribution in [-0.2, 0) is 11.2 Å². The number of hydrogen-bond acceptors (Lipinski definition) is 9. The molecule has 10 nitrogen and oxygen atoms in total. The van der Waals surface area contributed by atoms with Crippen LogP contribution in [0.5, 0.6) is 5.75 Å². The van der Waals surface area contributed by atoms with Gasteiger partial charge in [-0.2, -0.15) is 0 Å². The number of likely N-dealkylation sites (N-methyl/N-ethyl adjacent to an activating group) is 1. The molecular weight excluding hydrogens is 638 g/mol. The van der Waals surface area contributed by atoms with Gasteiger partial charge < -0.3 is 30.0 Å². The fraction of sp³-hybridized carbons (Fsp3) is 0.244. The SMILES string of the molecule is CN1CCN(CCOc2cccc(NC=O)c2)CC1.CNc1ccc(CCNc2ncnc3oc(-c4ccccc4)c(-c4ccccc4)c23)cc1. The van der Waals surface area contributed by atoms with Gasteiger partial charge in [-0.25, -0.2) is 9.97 Å². The zero-order valence-corrected chi connectivity index (χ0v) is 29.2. The molecule has 2 aromatic heterocycles. The minimum atomic E-state index is 0.582. The van der Waals surface area contributed by atoms with Crippen molar-refractivity contribution in [3.8, 4) is 28.2 Å². The van der Waals surface area contributed by atoms with Crippen molar-refractivity contribution in [3.05, 3.63) is 121 Å². The average Bonchev–Trinajstić information content (AvgIpc) is 3.58. The van der Waals surface area contributed by atoms with Gasteiger partial charge in [-0.15, -0.1) is 0 Å². The van der Waals surface area contributed by atoms with Crippen molar-refractivity contribution in [2.24, 2.45) is 0 Å². The predicted molar refractivity (Wildman–Crippen MR) is 206 cm³/mol. The maximum Gasteiger partial charge on any atom is 0.232 e. The smallest absolute Gasteiger partial charge is 0.232 e. The van der Waals surface area contributed by atoms with Gasteiger partial charge >= 0.3 is 0 Å². The van der Waals surface area contributed by atoms with Crippen LogP contribution in [0, 0.1) is 0 Å². The topological polar surface area (TPSA) is 108 Å². The maximum absolute atomic E-state index is 10.4. The number of amides is 1. The summed E-state index contributed by atoms with van der Waals surface area (Å²) in [6.07, 6.45) is 3.11. The van der Waals surface area contributed by atoms with E-state index in [0.717, 1.165) is 96.5 Å². The molecule has 0 aliphatic carbocycles. The second-order valence-corrected chi connectivity index (χ2v) is 12.3. The van der Waals surface area contributed by atoms with Crippen molar-refractivity contribution in [2.45, 2.75) is 6.42 Å². The van der Waals surface area contributed by atoms with Crippen molar-refractivity contribution < 1.29 is 13.9 Å². The van der Waals surface area contributed by atoms with Crippen LogP contribution in [-0.4, -0.2) is 86.1 Å². The summed E-state index contributed by atoms with van der Waals surface area (Å²) in [5, 5.41) is 10.2. The summed E-state index contributed by atoms with van der Waals surface area (Å²) < 4.78 is 12.0. The molecule has 0 atom stereocenters. The number of carbonyl (C=O) groups excluding carboxylic acids is 1. The van der Waals surface area contributed by atoms with E-state index in [0.29, 0.717) is 18.7 Å². The van der Waals surface area contributed by atoms with E-state index in [1.54, 1.807) is 6.33 Å². The minimum Gasteiger partial charge on any atom is -0.492 e. The molecule has 262 valence electrons. The fourth-order valence-corrected chi connectivity index (χ4v) is 6.01. The Balaban J connectivity index is 0.000000202. The van der Waals surface area contributed by atoms with Crippen LogP contribution in [0.15, 0.2) is 120 Å². The summed E-state index contributed by atoms with van der Waals surface area (Å²) in [6, 6.07) is 36.3. The molecule has 1 fully saturated rings. The summed E-state index contributed by atoms with van der Waals surface area (Å²) in [4.78, 5) is 24.1. The Morgan fingerprint density at radius 3 is 2.25 bits per heavy atom. The fourth-order valence-electron chi connectivity index (χ4n) is 6.01. The van der Waals surface area contributed by atoms with Gasteiger partial charge in [0.05, 0.1) is 5.39 Å². The van der Waals surface area contributed by atoms with E-state index in [1.807, 2.05) is 67.7 Å². The van der Waals surface area contributed by atoms with E-state index in [-0.39, 0.29) is 0 Å². The molecule has 4 aromatic carbocycles. The second kappa shape index (κ2) is 17.8. The van der Waals surface area contributed by atoms with Crippen LogP contribution >= 0.6 is 0 Å². The van der Waals surface area contributed by atoms with Gasteiger partial charge in [-0.3, -0.25) is 9.69 Å². The first-order chi connectivity index (χ1) is 25.1. The number of hydrogen-bond donors (Lipinski definition) is 3. The number of ether oxygens (including phenoxy) is 1. The number of nitrogens with zero attached hydrogens (tertiary/aromatic N) is 4. The van der Waals surface area contributed by atoms with E-state index in [9.17, 15) is 4.79 Å². The number of anilines is 3. The highest BCUT2D eigenvalue weighted by atomic mass is 16.5. The van der Waals surface area contributed by atoms with Gasteiger partial charge in [0.15, 0.2) is 0 Å². The van der Waals surface area contributed by atoms with Gasteiger partial charge in [-0.05, 0) is 48.9 Å². The Labute approximate surface area is 299 Å². The van der Waals surface area contributed by atoms with E-state index in [2.05, 4.69) is 91.3 Å². The molecule has 1 amide bonds. The zero-order valence-electron chi connectivity index (χ0n) is 29.2. The lowest BCUT2D eigenvalue weighted by Gasteiger charge is -2.32. The predicted octanol–water partition coefficient (Wildman–Crippen LogP) is 7.13. The third-order valence-electron chi connectivity index (χ3n) is 8.87. The normalized spacial score (nSPS) is 13.2. The molecule has 0 radical (unpaired) electrons. The highest BCUT2D eigenvalue weighted by molar-refractivity contribution is 6.05. The molecule has 1 aliphatic rings. The third kappa shape index (κ3) is 9.50. The summed E-state index contributed by atoms with van der Waals surface area (Å²) in [5.74, 6) is 2.38. The first-order valence-electron chi connectivity index (χ1n) is 17.3. The van der Waals surface area contributed by atoms with Gasteiger partial charge in [0.2, 0.25) is 12.1 Å². The van der Waals surface area contributed by atoms with Gasteiger partial charge in [0, 0.05) is 74.9 Å². The van der Waals surface area contributed by atoms with Gasteiger partial charge in [-0.1, -0.05) is 78.9 Å². The van der Waals surface area contributed by atoms with Crippen LogP contribution in [0.3, 0.4) is 0 Å². The van der Waals surface area contributed by atoms with Crippen LogP contribution in [0.1, 0.15) is 5.56 Å². The lowest BCUT2D eigenvalue weighted by Crippen LogP contribution is -2.45. The van der Waals surface area contributed by atoms with Crippen LogP contribution in [0.25, 0.3) is 33.6 Å². The number of rotatable bonds is 13. The molecule has 10 heteroatoms. The largest absolute Gasteiger partial charge is 0.492 e. The molecule has 0 unspecified atom stereocenters. The Kier molecular flexibility index (Phi) is 12.3. The minimum absolute atomic E-state index is 0.582. The molecule has 7 rings (SSSR count). The quantitative estimate of drug-likeness (QED) is 0.110. The van der Waals surface area contributed by atoms with Gasteiger partial charge in [0.1, 0.15) is 30.3 Å². The molecule has 6 aromatic rings. The van der Waals surface area contributed by atoms with Crippen molar-refractivity contribution >= 4 is 34.7 Å². The number of benzene rings is 4. The third-order valence-corrected chi connectivity index (χ3v) is 8.87. The van der Waals surface area contributed by atoms with E-state index < -0.39 is 0 Å². The van der Waals surface area contributed by atoms with Crippen LogP contribution in [0.2, 0.25) is 0 Å². The molecule has 0 spiro atoms. The highest BCUT2D eigenvalue weighted by Crippen LogP contribution is 2.42. The van der Waals surface area contributed by atoms with Crippen LogP contribution in [0.4, 0.5) is 17.2 Å². The molecule has 0 bridgehead atoms. The van der Waals surface area contributed by atoms with Crippen molar-refractivity contribution in [2.75, 3.05) is 75.9 Å². The maximum atomic E-state index is 10.4. The van der Waals surface area contributed by atoms with Crippen molar-refractivity contribution in [1.29, 1.82) is 0 Å². The van der Waals surface area contributed by atoms with Crippen molar-refractivity contribution in [1.82, 2.24) is 19.8 Å². The Hall–Kier alpha value is -5.71. The highest BCUT2D eigenvalue weighted by Gasteiger charge is 2.22. The standard InChI is InChI=1S/C27H24N4O.C14H21N3O2/c1-28-22-14-12-19(13-15-22)16-17-29-26-24-23(20-8-4-2-5-9-20)25(21-10-6-3-7-11-21)32-27(24)31-18-30-26;1-16-5-7-17(8-6-16)9-10-19-14-4-2-3-13(11-14)15-12-18/h2-15,18,28H,16-17H2,1H3,(H,29,30,31);2-4,11-12H,5-10H2,1H3,(H,15,18). The van der Waals surface area contributed by atoms with E-state index >= 15 is 0 Å². The number of aromatic nitrogens is 2. The number of piperazine rings is 1. The molecule has 3 N–H and O–H groups in total. The number of nitrogens with one attached hydrogen (secondary N) is 3. The molecule has 0 saturated carbocycles. The summed E-state index contributed by atoms with van der Waals surface area (Å²) in [6.45, 7) is 6.83. The van der Waals surface area contributed by atoms with Gasteiger partial charge in [0.25, 0.3) is 0 Å². The lowest BCUT2D eigenvalue weighted by molar-refractivity contribution is -0.105. The number of fused-ring (bicyclic) bond motifs is 1. The summed E-state index contributed by atoms with van der Waals surface area (Å²) in [7, 11) is 4.08. The summed E-state index contributed by atoms with van der Waals surface area (Å²) in [5.41, 5.74) is 6.81. The first-order valence-corrected chi connectivity index (χ1v) is 17.3. The lowest BCUT2D eigenvalue weighted by atomic mass is 9.99.